The van der Waals surface area contributed by atoms with Crippen molar-refractivity contribution in [1.82, 2.24) is 24.5 Å². The van der Waals surface area contributed by atoms with Gasteiger partial charge < -0.3 is 14.6 Å². The normalized spacial score (nSPS) is 11.9. The van der Waals surface area contributed by atoms with Crippen molar-refractivity contribution in [3.63, 3.8) is 0 Å². The summed E-state index contributed by atoms with van der Waals surface area (Å²) in [5, 5.41) is 23.3. The van der Waals surface area contributed by atoms with Crippen molar-refractivity contribution >= 4 is 17.9 Å². The summed E-state index contributed by atoms with van der Waals surface area (Å²) in [6.45, 7) is 0. The van der Waals surface area contributed by atoms with Crippen LogP contribution in [0.5, 0.6) is 11.5 Å². The molecule has 0 amide bonds. The van der Waals surface area contributed by atoms with Crippen LogP contribution in [0.3, 0.4) is 0 Å². The molecule has 178 valence electrons. The zero-order valence-corrected chi connectivity index (χ0v) is 19.4. The molecule has 1 atom stereocenters. The van der Waals surface area contributed by atoms with E-state index in [-0.39, 0.29) is 11.3 Å². The van der Waals surface area contributed by atoms with E-state index in [9.17, 15) is 13.9 Å². The monoisotopic (exact) mass is 488 g/mol. The van der Waals surface area contributed by atoms with Crippen LogP contribution in [0.25, 0.3) is 17.2 Å². The van der Waals surface area contributed by atoms with Crippen LogP contribution in [0.15, 0.2) is 48.7 Å². The van der Waals surface area contributed by atoms with E-state index in [0.29, 0.717) is 34.7 Å². The largest absolute Gasteiger partial charge is 0.494 e. The molecule has 2 aromatic carbocycles. The molecule has 2 aromatic heterocycles. The Labute approximate surface area is 198 Å². The Morgan fingerprint density at radius 1 is 1.09 bits per heavy atom. The fourth-order valence-corrected chi connectivity index (χ4v) is 4.04. The standard InChI is InChI=1S/C22H22F2N6O3S/c1-29-10-9-16(27-29)21-25-26-22(30(21)20-18(32-2)5-4-6-19(20)33-3)28-34-12-17(31)14-8-7-13(23)11-15(14)24/h4-11,17,31H,12H2,1-3H3,(H,26,28). The third-order valence-corrected chi connectivity index (χ3v) is 5.77. The summed E-state index contributed by atoms with van der Waals surface area (Å²) >= 11 is 1.08. The molecule has 12 heteroatoms. The predicted molar refractivity (Wildman–Crippen MR) is 124 cm³/mol. The Morgan fingerprint density at radius 3 is 2.44 bits per heavy atom. The highest BCUT2D eigenvalue weighted by Crippen LogP contribution is 2.37. The van der Waals surface area contributed by atoms with Crippen LogP contribution in [-0.2, 0) is 7.05 Å². The number of para-hydroxylation sites is 1. The highest BCUT2D eigenvalue weighted by Gasteiger charge is 2.24. The second kappa shape index (κ2) is 10.1. The minimum Gasteiger partial charge on any atom is -0.494 e. The summed E-state index contributed by atoms with van der Waals surface area (Å²) in [7, 11) is 4.87. The van der Waals surface area contributed by atoms with Gasteiger partial charge in [0.15, 0.2) is 5.82 Å². The van der Waals surface area contributed by atoms with Gasteiger partial charge in [0, 0.05) is 30.6 Å². The second-order valence-electron chi connectivity index (χ2n) is 7.16. The van der Waals surface area contributed by atoms with Gasteiger partial charge in [-0.3, -0.25) is 14.0 Å². The first-order valence-electron chi connectivity index (χ1n) is 10.1. The maximum absolute atomic E-state index is 14.0. The summed E-state index contributed by atoms with van der Waals surface area (Å²) in [5.41, 5.74) is 1.11. The smallest absolute Gasteiger partial charge is 0.239 e. The molecule has 0 spiro atoms. The first kappa shape index (κ1) is 23.5. The molecule has 9 nitrogen and oxygen atoms in total. The first-order valence-corrected chi connectivity index (χ1v) is 11.1. The van der Waals surface area contributed by atoms with Gasteiger partial charge in [-0.2, -0.15) is 5.10 Å². The molecule has 4 rings (SSSR count). The third kappa shape index (κ3) is 4.68. The molecule has 4 aromatic rings. The zero-order chi connectivity index (χ0) is 24.2. The third-order valence-electron chi connectivity index (χ3n) is 4.96. The molecule has 0 radical (unpaired) electrons. The Hall–Kier alpha value is -3.64. The number of benzene rings is 2. The fraction of sp³-hybridized carbons (Fsp3) is 0.227. The van der Waals surface area contributed by atoms with Crippen molar-refractivity contribution in [1.29, 1.82) is 0 Å². The highest BCUT2D eigenvalue weighted by atomic mass is 32.2. The number of nitrogens with one attached hydrogen (secondary N) is 1. The Bertz CT molecular complexity index is 1270. The molecule has 1 unspecified atom stereocenters. The van der Waals surface area contributed by atoms with Crippen LogP contribution in [0.1, 0.15) is 11.7 Å². The molecule has 0 aliphatic rings. The highest BCUT2D eigenvalue weighted by molar-refractivity contribution is 8.00. The van der Waals surface area contributed by atoms with Crippen LogP contribution in [0, 0.1) is 11.6 Å². The van der Waals surface area contributed by atoms with Gasteiger partial charge in [-0.15, -0.1) is 10.2 Å². The summed E-state index contributed by atoms with van der Waals surface area (Å²) in [5.74, 6) is 0.289. The summed E-state index contributed by atoms with van der Waals surface area (Å²) in [6, 6.07) is 10.2. The molecule has 2 N–H and O–H groups in total. The average molecular weight is 489 g/mol. The van der Waals surface area contributed by atoms with E-state index in [0.717, 1.165) is 24.1 Å². The number of hydrogen-bond acceptors (Lipinski definition) is 8. The zero-order valence-electron chi connectivity index (χ0n) is 18.6. The first-order chi connectivity index (χ1) is 16.4. The number of methoxy groups -OCH3 is 2. The lowest BCUT2D eigenvalue weighted by molar-refractivity contribution is 0.199. The molecule has 34 heavy (non-hydrogen) atoms. The lowest BCUT2D eigenvalue weighted by Crippen LogP contribution is -2.09. The quantitative estimate of drug-likeness (QED) is 0.344. The molecular weight excluding hydrogens is 466 g/mol. The molecule has 0 saturated carbocycles. The van der Waals surface area contributed by atoms with Gasteiger partial charge in [0.05, 0.1) is 20.3 Å². The Kier molecular flexibility index (Phi) is 6.98. The van der Waals surface area contributed by atoms with Crippen LogP contribution < -0.4 is 14.2 Å². The minimum atomic E-state index is -1.18. The lowest BCUT2D eigenvalue weighted by Gasteiger charge is -2.17. The number of aryl methyl sites for hydroxylation is 1. The fourth-order valence-electron chi connectivity index (χ4n) is 3.36. The van der Waals surface area contributed by atoms with Crippen LogP contribution in [0.2, 0.25) is 0 Å². The second-order valence-corrected chi connectivity index (χ2v) is 7.99. The van der Waals surface area contributed by atoms with Crippen molar-refractivity contribution in [2.75, 3.05) is 24.7 Å². The molecular formula is C22H22F2N6O3S. The van der Waals surface area contributed by atoms with Gasteiger partial charge in [0.25, 0.3) is 0 Å². The van der Waals surface area contributed by atoms with E-state index in [2.05, 4.69) is 20.0 Å². The van der Waals surface area contributed by atoms with Gasteiger partial charge in [0.2, 0.25) is 5.95 Å². The summed E-state index contributed by atoms with van der Waals surface area (Å²) in [6.07, 6.45) is 0.606. The number of nitrogens with zero attached hydrogens (tertiary/aromatic N) is 5. The summed E-state index contributed by atoms with van der Waals surface area (Å²) in [4.78, 5) is 0. The van der Waals surface area contributed by atoms with Crippen molar-refractivity contribution < 1.29 is 23.4 Å². The lowest BCUT2D eigenvalue weighted by atomic mass is 10.1. The number of halogens is 2. The van der Waals surface area contributed by atoms with E-state index < -0.39 is 17.7 Å². The maximum atomic E-state index is 14.0. The van der Waals surface area contributed by atoms with E-state index in [1.54, 1.807) is 61.0 Å². The number of aliphatic hydroxyl groups excluding tert-OH is 1. The van der Waals surface area contributed by atoms with Crippen molar-refractivity contribution in [2.45, 2.75) is 6.10 Å². The SMILES string of the molecule is COc1cccc(OC)c1-n1c(NSCC(O)c2ccc(F)cc2F)nnc1-c1ccn(C)n1. The molecule has 0 saturated heterocycles. The van der Waals surface area contributed by atoms with E-state index in [1.165, 1.54) is 6.07 Å². The summed E-state index contributed by atoms with van der Waals surface area (Å²) < 4.78 is 44.7. The van der Waals surface area contributed by atoms with Gasteiger partial charge in [-0.1, -0.05) is 12.1 Å². The number of hydrogen-bond donors (Lipinski definition) is 2. The number of aliphatic hydroxyl groups is 1. The van der Waals surface area contributed by atoms with Crippen LogP contribution in [0.4, 0.5) is 14.7 Å². The molecule has 0 bridgehead atoms. The van der Waals surface area contributed by atoms with E-state index in [1.807, 2.05) is 0 Å². The Balaban J connectivity index is 1.67. The van der Waals surface area contributed by atoms with Crippen LogP contribution in [-0.4, -0.2) is 49.6 Å². The average Bonchev–Trinajstić information content (AvgIpc) is 3.44. The minimum absolute atomic E-state index is 0.00209. The molecule has 0 aliphatic carbocycles. The van der Waals surface area contributed by atoms with E-state index >= 15 is 0 Å². The van der Waals surface area contributed by atoms with Gasteiger partial charge in [0.1, 0.15) is 34.5 Å². The number of ether oxygens (including phenoxy) is 2. The Morgan fingerprint density at radius 2 is 1.82 bits per heavy atom. The topological polar surface area (TPSA) is 99.3 Å². The maximum Gasteiger partial charge on any atom is 0.239 e. The molecule has 0 fully saturated rings. The predicted octanol–water partition coefficient (Wildman–Crippen LogP) is 3.76. The van der Waals surface area contributed by atoms with Crippen molar-refractivity contribution in [3.8, 4) is 28.7 Å². The number of anilines is 1. The van der Waals surface area contributed by atoms with Gasteiger partial charge in [-0.25, -0.2) is 8.78 Å². The van der Waals surface area contributed by atoms with Gasteiger partial charge >= 0.3 is 0 Å². The molecule has 2 heterocycles. The van der Waals surface area contributed by atoms with Crippen molar-refractivity contribution in [3.05, 3.63) is 65.9 Å². The number of aromatic nitrogens is 5. The number of rotatable bonds is 9. The van der Waals surface area contributed by atoms with Crippen LogP contribution >= 0.6 is 11.9 Å². The van der Waals surface area contributed by atoms with E-state index in [4.69, 9.17) is 9.47 Å². The van der Waals surface area contributed by atoms with Crippen molar-refractivity contribution in [2.24, 2.45) is 7.05 Å². The van der Waals surface area contributed by atoms with Gasteiger partial charge in [-0.05, 0) is 36.2 Å². The molecule has 0 aliphatic heterocycles.